The van der Waals surface area contributed by atoms with Crippen LogP contribution in [-0.2, 0) is 0 Å². The number of benzene rings is 3. The van der Waals surface area contributed by atoms with E-state index in [1.807, 2.05) is 91.0 Å². The quantitative estimate of drug-likeness (QED) is 0.497. The van der Waals surface area contributed by atoms with Gasteiger partial charge in [0.15, 0.2) is 0 Å². The van der Waals surface area contributed by atoms with E-state index < -0.39 is 0 Å². The van der Waals surface area contributed by atoms with Crippen LogP contribution in [-0.4, -0.2) is 41.0 Å². The van der Waals surface area contributed by atoms with Gasteiger partial charge in [-0.3, -0.25) is 0 Å². The van der Waals surface area contributed by atoms with E-state index in [0.717, 1.165) is 42.2 Å². The molecule has 0 radical (unpaired) electrons. The van der Waals surface area contributed by atoms with Gasteiger partial charge >= 0.3 is 0 Å². The van der Waals surface area contributed by atoms with Crippen molar-refractivity contribution < 1.29 is 5.11 Å². The Hall–Kier alpha value is -3.44. The summed E-state index contributed by atoms with van der Waals surface area (Å²) in [6.07, 6.45) is 1.36. The fourth-order valence-corrected chi connectivity index (χ4v) is 3.44. The summed E-state index contributed by atoms with van der Waals surface area (Å²) >= 11 is 0. The van der Waals surface area contributed by atoms with E-state index in [1.54, 1.807) is 0 Å². The minimum absolute atomic E-state index is 0.364. The molecule has 1 atom stereocenters. The van der Waals surface area contributed by atoms with E-state index >= 15 is 0 Å². The SMILES string of the molecule is OC1CCCN(C(=Nc2ccccc2)/N=C(\Nc2ccccc2)c2ccccc2)C1. The molecule has 1 aliphatic heterocycles. The molecule has 0 amide bonds. The molecule has 0 saturated carbocycles. The van der Waals surface area contributed by atoms with Crippen molar-refractivity contribution in [2.75, 3.05) is 18.4 Å². The smallest absolute Gasteiger partial charge is 0.227 e. The minimum Gasteiger partial charge on any atom is -0.391 e. The molecule has 0 aliphatic carbocycles. The van der Waals surface area contributed by atoms with Gasteiger partial charge in [0.05, 0.1) is 11.8 Å². The van der Waals surface area contributed by atoms with Crippen LogP contribution in [0.25, 0.3) is 0 Å². The van der Waals surface area contributed by atoms with Crippen LogP contribution < -0.4 is 5.32 Å². The third-order valence-corrected chi connectivity index (χ3v) is 4.96. The highest BCUT2D eigenvalue weighted by Gasteiger charge is 2.21. The Kier molecular flexibility index (Phi) is 6.52. The number of nitrogens with zero attached hydrogens (tertiary/aromatic N) is 3. The largest absolute Gasteiger partial charge is 0.391 e. The summed E-state index contributed by atoms with van der Waals surface area (Å²) in [4.78, 5) is 11.9. The normalized spacial score (nSPS) is 17.6. The zero-order chi connectivity index (χ0) is 20.6. The van der Waals surface area contributed by atoms with Crippen molar-refractivity contribution >= 4 is 23.2 Å². The number of anilines is 1. The Bertz CT molecular complexity index is 987. The number of rotatable bonds is 3. The first-order valence-electron chi connectivity index (χ1n) is 10.3. The van der Waals surface area contributed by atoms with Crippen molar-refractivity contribution in [3.8, 4) is 0 Å². The summed E-state index contributed by atoms with van der Waals surface area (Å²) in [6, 6.07) is 29.9. The van der Waals surface area contributed by atoms with Gasteiger partial charge in [0.2, 0.25) is 5.96 Å². The lowest BCUT2D eigenvalue weighted by atomic mass is 10.1. The maximum absolute atomic E-state index is 10.2. The van der Waals surface area contributed by atoms with Crippen LogP contribution in [0.15, 0.2) is 101 Å². The monoisotopic (exact) mass is 398 g/mol. The average molecular weight is 399 g/mol. The van der Waals surface area contributed by atoms with Gasteiger partial charge in [0, 0.05) is 24.3 Å². The molecule has 1 aliphatic rings. The van der Waals surface area contributed by atoms with Gasteiger partial charge in [-0.1, -0.05) is 66.7 Å². The summed E-state index contributed by atoms with van der Waals surface area (Å²) in [5.41, 5.74) is 2.76. The van der Waals surface area contributed by atoms with Gasteiger partial charge in [-0.25, -0.2) is 4.99 Å². The Labute approximate surface area is 177 Å². The third kappa shape index (κ3) is 5.33. The van der Waals surface area contributed by atoms with Crippen LogP contribution in [0.5, 0.6) is 0 Å². The van der Waals surface area contributed by atoms with E-state index in [4.69, 9.17) is 9.98 Å². The van der Waals surface area contributed by atoms with E-state index in [1.165, 1.54) is 0 Å². The molecule has 0 aromatic heterocycles. The first kappa shape index (κ1) is 19.9. The number of aliphatic hydroxyl groups excluding tert-OH is 1. The molecule has 5 heteroatoms. The number of nitrogens with one attached hydrogen (secondary N) is 1. The molecule has 1 fully saturated rings. The van der Waals surface area contributed by atoms with Gasteiger partial charge in [-0.15, -0.1) is 0 Å². The lowest BCUT2D eigenvalue weighted by Crippen LogP contribution is -2.42. The van der Waals surface area contributed by atoms with Crippen LogP contribution >= 0.6 is 0 Å². The topological polar surface area (TPSA) is 60.2 Å². The van der Waals surface area contributed by atoms with E-state index in [-0.39, 0.29) is 6.10 Å². The highest BCUT2D eigenvalue weighted by molar-refractivity contribution is 6.13. The molecule has 1 saturated heterocycles. The van der Waals surface area contributed by atoms with Gasteiger partial charge in [-0.05, 0) is 37.1 Å². The number of hydrogen-bond donors (Lipinski definition) is 2. The number of piperidine rings is 1. The number of guanidine groups is 1. The van der Waals surface area contributed by atoms with Crippen molar-refractivity contribution in [1.29, 1.82) is 0 Å². The molecule has 1 heterocycles. The second-order valence-electron chi connectivity index (χ2n) is 7.31. The standard InChI is InChI=1S/C25H26N4O/c30-23-17-10-18-29(19-23)25(27-22-15-8-3-9-16-22)28-24(20-11-4-1-5-12-20)26-21-13-6-2-7-14-21/h1-9,11-16,23,30H,10,17-19H2,(H,26,27,28). The summed E-state index contributed by atoms with van der Waals surface area (Å²) in [6.45, 7) is 1.35. The molecule has 1 unspecified atom stereocenters. The number of para-hydroxylation sites is 2. The Morgan fingerprint density at radius 2 is 1.50 bits per heavy atom. The average Bonchev–Trinajstić information content (AvgIpc) is 2.80. The second-order valence-corrected chi connectivity index (χ2v) is 7.31. The number of aliphatic imine (C=N–C) groups is 2. The van der Waals surface area contributed by atoms with Crippen LogP contribution in [0.3, 0.4) is 0 Å². The molecule has 30 heavy (non-hydrogen) atoms. The number of β-amino-alcohol motifs (C(OH)–C–C–N with tert-alkyl or cyclic N) is 1. The number of likely N-dealkylation sites (tertiary alicyclic amines) is 1. The third-order valence-electron chi connectivity index (χ3n) is 4.96. The molecule has 3 aromatic rings. The van der Waals surface area contributed by atoms with Crippen molar-refractivity contribution in [2.24, 2.45) is 9.98 Å². The lowest BCUT2D eigenvalue weighted by Gasteiger charge is -2.31. The first-order chi connectivity index (χ1) is 14.8. The molecule has 2 N–H and O–H groups in total. The molecular weight excluding hydrogens is 372 g/mol. The van der Waals surface area contributed by atoms with Gasteiger partial charge in [0.1, 0.15) is 5.84 Å². The Morgan fingerprint density at radius 3 is 2.17 bits per heavy atom. The lowest BCUT2D eigenvalue weighted by molar-refractivity contribution is 0.103. The van der Waals surface area contributed by atoms with E-state index in [9.17, 15) is 5.11 Å². The molecule has 3 aromatic carbocycles. The molecule has 5 nitrogen and oxygen atoms in total. The highest BCUT2D eigenvalue weighted by atomic mass is 16.3. The van der Waals surface area contributed by atoms with E-state index in [0.29, 0.717) is 12.5 Å². The number of hydrogen-bond acceptors (Lipinski definition) is 2. The van der Waals surface area contributed by atoms with Crippen molar-refractivity contribution in [3.63, 3.8) is 0 Å². The first-order valence-corrected chi connectivity index (χ1v) is 10.3. The Morgan fingerprint density at radius 1 is 0.867 bits per heavy atom. The molecule has 4 rings (SSSR count). The molecule has 152 valence electrons. The van der Waals surface area contributed by atoms with Crippen molar-refractivity contribution in [1.82, 2.24) is 4.90 Å². The van der Waals surface area contributed by atoms with Gasteiger partial charge in [0.25, 0.3) is 0 Å². The van der Waals surface area contributed by atoms with Crippen LogP contribution in [0.2, 0.25) is 0 Å². The minimum atomic E-state index is -0.364. The molecule has 0 bridgehead atoms. The predicted octanol–water partition coefficient (Wildman–Crippen LogP) is 4.69. The summed E-state index contributed by atoms with van der Waals surface area (Å²) in [5, 5.41) is 13.7. The van der Waals surface area contributed by atoms with Crippen molar-refractivity contribution in [2.45, 2.75) is 18.9 Å². The van der Waals surface area contributed by atoms with Gasteiger partial charge in [-0.2, -0.15) is 4.99 Å². The summed E-state index contributed by atoms with van der Waals surface area (Å²) < 4.78 is 0. The predicted molar refractivity (Wildman–Crippen MR) is 123 cm³/mol. The molecule has 0 spiro atoms. The zero-order valence-electron chi connectivity index (χ0n) is 16.9. The fraction of sp³-hybridized carbons (Fsp3) is 0.200. The maximum Gasteiger partial charge on any atom is 0.227 e. The van der Waals surface area contributed by atoms with Crippen LogP contribution in [0.4, 0.5) is 11.4 Å². The molecular formula is C25H26N4O. The van der Waals surface area contributed by atoms with Crippen molar-refractivity contribution in [3.05, 3.63) is 96.6 Å². The maximum atomic E-state index is 10.2. The van der Waals surface area contributed by atoms with Crippen LogP contribution in [0, 0.1) is 0 Å². The second kappa shape index (κ2) is 9.85. The van der Waals surface area contributed by atoms with Gasteiger partial charge < -0.3 is 15.3 Å². The fourth-order valence-electron chi connectivity index (χ4n) is 3.44. The zero-order valence-corrected chi connectivity index (χ0v) is 16.9. The summed E-state index contributed by atoms with van der Waals surface area (Å²) in [7, 11) is 0. The van der Waals surface area contributed by atoms with Crippen LogP contribution in [0.1, 0.15) is 18.4 Å². The summed E-state index contributed by atoms with van der Waals surface area (Å²) in [5.74, 6) is 1.32. The number of aliphatic hydroxyl groups is 1. The van der Waals surface area contributed by atoms with E-state index in [2.05, 4.69) is 10.2 Å². The highest BCUT2D eigenvalue weighted by Crippen LogP contribution is 2.17. The number of amidine groups is 1. The Balaban J connectivity index is 1.76.